The smallest absolute Gasteiger partial charge is 0.0645 e. The van der Waals surface area contributed by atoms with Crippen LogP contribution in [0.25, 0.3) is 5.69 Å². The van der Waals surface area contributed by atoms with E-state index in [0.29, 0.717) is 0 Å². The van der Waals surface area contributed by atoms with E-state index in [1.54, 1.807) is 7.11 Å². The van der Waals surface area contributed by atoms with E-state index in [9.17, 15) is 0 Å². The second-order valence-electron chi connectivity index (χ2n) is 4.22. The lowest BCUT2D eigenvalue weighted by Crippen LogP contribution is -2.22. The van der Waals surface area contributed by atoms with Crippen LogP contribution in [0.15, 0.2) is 42.7 Å². The molecule has 18 heavy (non-hydrogen) atoms. The molecule has 4 nitrogen and oxygen atoms in total. The fourth-order valence-corrected chi connectivity index (χ4v) is 1.78. The third-order valence-corrected chi connectivity index (χ3v) is 2.88. The number of nitrogens with zero attached hydrogens (tertiary/aromatic N) is 2. The van der Waals surface area contributed by atoms with Crippen molar-refractivity contribution in [3.05, 3.63) is 48.3 Å². The number of benzene rings is 1. The van der Waals surface area contributed by atoms with Crippen LogP contribution in [0.3, 0.4) is 0 Å². The summed E-state index contributed by atoms with van der Waals surface area (Å²) in [6.07, 6.45) is 3.96. The summed E-state index contributed by atoms with van der Waals surface area (Å²) in [5.41, 5.74) is 2.25. The number of hydrogen-bond donors (Lipinski definition) is 1. The van der Waals surface area contributed by atoms with Gasteiger partial charge in [-0.1, -0.05) is 18.2 Å². The molecule has 0 spiro atoms. The summed E-state index contributed by atoms with van der Waals surface area (Å²) < 4.78 is 6.91. The second-order valence-corrected chi connectivity index (χ2v) is 4.22. The van der Waals surface area contributed by atoms with Crippen molar-refractivity contribution in [3.8, 4) is 5.69 Å². The lowest BCUT2D eigenvalue weighted by molar-refractivity contribution is 0.196. The summed E-state index contributed by atoms with van der Waals surface area (Å²) in [7, 11) is 1.71. The highest BCUT2D eigenvalue weighted by Gasteiger charge is 2.07. The van der Waals surface area contributed by atoms with Crippen LogP contribution in [0, 0.1) is 0 Å². The van der Waals surface area contributed by atoms with Crippen LogP contribution >= 0.6 is 0 Å². The molecule has 0 saturated carbocycles. The molecular formula is C14H19N3O. The lowest BCUT2D eigenvalue weighted by atomic mass is 10.2. The SMILES string of the molecule is COCCNC(C)c1cnn(-c2ccccc2)c1. The highest BCUT2D eigenvalue weighted by molar-refractivity contribution is 5.31. The van der Waals surface area contributed by atoms with E-state index in [1.165, 1.54) is 5.56 Å². The maximum atomic E-state index is 5.02. The average Bonchev–Trinajstić information content (AvgIpc) is 2.89. The van der Waals surface area contributed by atoms with Gasteiger partial charge in [-0.15, -0.1) is 0 Å². The predicted octanol–water partition coefficient (Wildman–Crippen LogP) is 2.17. The fraction of sp³-hybridized carbons (Fsp3) is 0.357. The number of rotatable bonds is 6. The monoisotopic (exact) mass is 245 g/mol. The van der Waals surface area contributed by atoms with E-state index in [-0.39, 0.29) is 6.04 Å². The molecule has 0 fully saturated rings. The van der Waals surface area contributed by atoms with E-state index in [1.807, 2.05) is 41.2 Å². The molecule has 0 amide bonds. The van der Waals surface area contributed by atoms with E-state index in [2.05, 4.69) is 23.5 Å². The van der Waals surface area contributed by atoms with Crippen LogP contribution in [0.5, 0.6) is 0 Å². The van der Waals surface area contributed by atoms with Gasteiger partial charge in [-0.05, 0) is 19.1 Å². The van der Waals surface area contributed by atoms with E-state index in [4.69, 9.17) is 4.74 Å². The van der Waals surface area contributed by atoms with Crippen molar-refractivity contribution >= 4 is 0 Å². The van der Waals surface area contributed by atoms with Gasteiger partial charge in [0.1, 0.15) is 0 Å². The Morgan fingerprint density at radius 2 is 2.11 bits per heavy atom. The first kappa shape index (κ1) is 12.8. The van der Waals surface area contributed by atoms with Crippen LogP contribution in [0.1, 0.15) is 18.5 Å². The Morgan fingerprint density at radius 1 is 1.33 bits per heavy atom. The topological polar surface area (TPSA) is 39.1 Å². The summed E-state index contributed by atoms with van der Waals surface area (Å²) in [5, 5.41) is 7.77. The maximum Gasteiger partial charge on any atom is 0.0645 e. The fourth-order valence-electron chi connectivity index (χ4n) is 1.78. The minimum atomic E-state index is 0.276. The van der Waals surface area contributed by atoms with Crippen LogP contribution in [-0.4, -0.2) is 30.0 Å². The molecular weight excluding hydrogens is 226 g/mol. The Kier molecular flexibility index (Phi) is 4.50. The molecule has 0 radical (unpaired) electrons. The Bertz CT molecular complexity index is 467. The zero-order valence-electron chi connectivity index (χ0n) is 10.8. The zero-order valence-corrected chi connectivity index (χ0v) is 10.8. The van der Waals surface area contributed by atoms with Crippen molar-refractivity contribution < 1.29 is 4.74 Å². The molecule has 1 unspecified atom stereocenters. The predicted molar refractivity (Wildman–Crippen MR) is 71.9 cm³/mol. The van der Waals surface area contributed by atoms with Gasteiger partial charge < -0.3 is 10.1 Å². The molecule has 1 aromatic carbocycles. The van der Waals surface area contributed by atoms with Crippen LogP contribution < -0.4 is 5.32 Å². The zero-order chi connectivity index (χ0) is 12.8. The Labute approximate surface area is 108 Å². The Morgan fingerprint density at radius 3 is 2.83 bits per heavy atom. The van der Waals surface area contributed by atoms with Crippen molar-refractivity contribution in [2.75, 3.05) is 20.3 Å². The van der Waals surface area contributed by atoms with Crippen molar-refractivity contribution in [1.82, 2.24) is 15.1 Å². The number of hydrogen-bond acceptors (Lipinski definition) is 3. The molecule has 1 aromatic heterocycles. The largest absolute Gasteiger partial charge is 0.383 e. The Balaban J connectivity index is 2.02. The highest BCUT2D eigenvalue weighted by atomic mass is 16.5. The number of aromatic nitrogens is 2. The molecule has 0 saturated heterocycles. The Hall–Kier alpha value is -1.65. The van der Waals surface area contributed by atoms with Gasteiger partial charge in [-0.2, -0.15) is 5.10 Å². The van der Waals surface area contributed by atoms with E-state index in [0.717, 1.165) is 18.8 Å². The van der Waals surface area contributed by atoms with Gasteiger partial charge in [0.05, 0.1) is 18.5 Å². The van der Waals surface area contributed by atoms with Gasteiger partial charge in [-0.3, -0.25) is 0 Å². The molecule has 0 bridgehead atoms. The number of nitrogens with one attached hydrogen (secondary N) is 1. The molecule has 0 aliphatic heterocycles. The molecule has 2 rings (SSSR count). The van der Waals surface area contributed by atoms with E-state index < -0.39 is 0 Å². The third-order valence-electron chi connectivity index (χ3n) is 2.88. The normalized spacial score (nSPS) is 12.6. The van der Waals surface area contributed by atoms with Gasteiger partial charge in [0.2, 0.25) is 0 Å². The molecule has 4 heteroatoms. The van der Waals surface area contributed by atoms with Crippen molar-refractivity contribution in [2.24, 2.45) is 0 Å². The van der Waals surface area contributed by atoms with Crippen molar-refractivity contribution in [3.63, 3.8) is 0 Å². The second kappa shape index (κ2) is 6.33. The first-order chi connectivity index (χ1) is 8.81. The van der Waals surface area contributed by atoms with Gasteiger partial charge in [-0.25, -0.2) is 4.68 Å². The summed E-state index contributed by atoms with van der Waals surface area (Å²) in [6.45, 7) is 3.69. The van der Waals surface area contributed by atoms with Crippen molar-refractivity contribution in [2.45, 2.75) is 13.0 Å². The minimum Gasteiger partial charge on any atom is -0.383 e. The average molecular weight is 245 g/mol. The molecule has 2 aromatic rings. The summed E-state index contributed by atoms with van der Waals surface area (Å²) >= 11 is 0. The lowest BCUT2D eigenvalue weighted by Gasteiger charge is -2.11. The van der Waals surface area contributed by atoms with Gasteiger partial charge in [0.15, 0.2) is 0 Å². The minimum absolute atomic E-state index is 0.276. The first-order valence-corrected chi connectivity index (χ1v) is 6.13. The van der Waals surface area contributed by atoms with Crippen LogP contribution in [0.2, 0.25) is 0 Å². The van der Waals surface area contributed by atoms with E-state index >= 15 is 0 Å². The molecule has 0 aliphatic carbocycles. The summed E-state index contributed by atoms with van der Waals surface area (Å²) in [5.74, 6) is 0. The molecule has 1 heterocycles. The van der Waals surface area contributed by atoms with Gasteiger partial charge in [0.25, 0.3) is 0 Å². The molecule has 1 atom stereocenters. The molecule has 1 N–H and O–H groups in total. The van der Waals surface area contributed by atoms with Gasteiger partial charge in [0, 0.05) is 31.5 Å². The van der Waals surface area contributed by atoms with Crippen molar-refractivity contribution in [1.29, 1.82) is 0 Å². The first-order valence-electron chi connectivity index (χ1n) is 6.13. The maximum absolute atomic E-state index is 5.02. The number of methoxy groups -OCH3 is 1. The van der Waals surface area contributed by atoms with Crippen LogP contribution in [-0.2, 0) is 4.74 Å². The number of ether oxygens (including phenoxy) is 1. The summed E-state index contributed by atoms with van der Waals surface area (Å²) in [6, 6.07) is 10.4. The quantitative estimate of drug-likeness (QED) is 0.793. The number of para-hydroxylation sites is 1. The molecule has 0 aliphatic rings. The van der Waals surface area contributed by atoms with Crippen LogP contribution in [0.4, 0.5) is 0 Å². The highest BCUT2D eigenvalue weighted by Crippen LogP contribution is 2.13. The third kappa shape index (κ3) is 3.18. The standard InChI is InChI=1S/C14H19N3O/c1-12(15-8-9-18-2)13-10-16-17(11-13)14-6-4-3-5-7-14/h3-7,10-12,15H,8-9H2,1-2H3. The van der Waals surface area contributed by atoms with Gasteiger partial charge >= 0.3 is 0 Å². The molecule has 96 valence electrons. The summed E-state index contributed by atoms with van der Waals surface area (Å²) in [4.78, 5) is 0.